The highest BCUT2D eigenvalue weighted by atomic mass is 79.9. The number of carbonyl (C=O) groups excluding carboxylic acids is 1. The number of hydrogen-bond donors (Lipinski definition) is 3. The van der Waals surface area contributed by atoms with Crippen LogP contribution in [0.1, 0.15) is 11.1 Å². The molecule has 0 aromatic heterocycles. The van der Waals surface area contributed by atoms with Crippen molar-refractivity contribution in [2.24, 2.45) is 0 Å². The molecule has 0 heterocycles. The Labute approximate surface area is 143 Å². The molecule has 0 aliphatic rings. The molecule has 2 rings (SSSR count). The second kappa shape index (κ2) is 8.51. The smallest absolute Gasteiger partial charge is 0.242 e. The summed E-state index contributed by atoms with van der Waals surface area (Å²) >= 11 is 8.47. The van der Waals surface area contributed by atoms with Gasteiger partial charge < -0.3 is 5.32 Å². The minimum Gasteiger partial charge on any atom is -0.357 e. The predicted molar refractivity (Wildman–Crippen MR) is 95.0 cm³/mol. The molecule has 2 aromatic carbocycles. The number of halogens is 1. The summed E-state index contributed by atoms with van der Waals surface area (Å²) in [4.78, 5) is 11.8. The van der Waals surface area contributed by atoms with Crippen molar-refractivity contribution in [2.75, 3.05) is 0 Å². The van der Waals surface area contributed by atoms with Crippen molar-refractivity contribution >= 4 is 39.2 Å². The van der Waals surface area contributed by atoms with E-state index in [0.29, 0.717) is 18.1 Å². The average Bonchev–Trinajstić information content (AvgIpc) is 2.54. The molecule has 0 aliphatic carbocycles. The lowest BCUT2D eigenvalue weighted by Crippen LogP contribution is -2.47. The van der Waals surface area contributed by atoms with Crippen molar-refractivity contribution in [2.45, 2.75) is 13.0 Å². The third-order valence-electron chi connectivity index (χ3n) is 2.89. The van der Waals surface area contributed by atoms with E-state index in [2.05, 4.69) is 32.1 Å². The van der Waals surface area contributed by atoms with Crippen LogP contribution < -0.4 is 16.2 Å². The Morgan fingerprint density at radius 3 is 2.32 bits per heavy atom. The molecule has 0 unspecified atom stereocenters. The van der Waals surface area contributed by atoms with Crippen LogP contribution in [0.15, 0.2) is 59.1 Å². The second-order valence-electron chi connectivity index (χ2n) is 4.64. The van der Waals surface area contributed by atoms with E-state index in [1.165, 1.54) is 0 Å². The number of amides is 1. The standard InChI is InChI=1S/C16H16BrN3OS/c17-14-8-6-12(7-9-14)10-15(21)19-20-16(22)18-11-13-4-2-1-3-5-13/h1-9H,10-11H2,(H,19,21)(H2,18,20,22). The first-order chi connectivity index (χ1) is 10.6. The van der Waals surface area contributed by atoms with Gasteiger partial charge in [0.25, 0.3) is 0 Å². The van der Waals surface area contributed by atoms with Gasteiger partial charge in [-0.3, -0.25) is 15.6 Å². The maximum absolute atomic E-state index is 11.8. The van der Waals surface area contributed by atoms with Crippen LogP contribution in [0.5, 0.6) is 0 Å². The molecule has 0 atom stereocenters. The Morgan fingerprint density at radius 1 is 0.955 bits per heavy atom. The largest absolute Gasteiger partial charge is 0.357 e. The lowest BCUT2D eigenvalue weighted by Gasteiger charge is -2.11. The molecule has 0 radical (unpaired) electrons. The third kappa shape index (κ3) is 5.83. The number of hydrazine groups is 1. The van der Waals surface area contributed by atoms with E-state index in [9.17, 15) is 4.79 Å². The minimum atomic E-state index is -0.147. The van der Waals surface area contributed by atoms with E-state index in [-0.39, 0.29) is 5.91 Å². The molecule has 0 spiro atoms. The first kappa shape index (κ1) is 16.5. The summed E-state index contributed by atoms with van der Waals surface area (Å²) in [5.41, 5.74) is 7.33. The maximum Gasteiger partial charge on any atom is 0.242 e. The first-order valence-electron chi connectivity index (χ1n) is 6.74. The molecular formula is C16H16BrN3OS. The van der Waals surface area contributed by atoms with Crippen molar-refractivity contribution in [3.63, 3.8) is 0 Å². The molecule has 2 aromatic rings. The highest BCUT2D eigenvalue weighted by Gasteiger charge is 2.04. The lowest BCUT2D eigenvalue weighted by molar-refractivity contribution is -0.121. The van der Waals surface area contributed by atoms with Crippen LogP contribution in [0.3, 0.4) is 0 Å². The summed E-state index contributed by atoms with van der Waals surface area (Å²) in [6, 6.07) is 17.5. The molecule has 0 saturated heterocycles. The quantitative estimate of drug-likeness (QED) is 0.566. The fourth-order valence-electron chi connectivity index (χ4n) is 1.78. The maximum atomic E-state index is 11.8. The summed E-state index contributed by atoms with van der Waals surface area (Å²) < 4.78 is 0.987. The van der Waals surface area contributed by atoms with Gasteiger partial charge in [-0.2, -0.15) is 0 Å². The van der Waals surface area contributed by atoms with E-state index >= 15 is 0 Å². The van der Waals surface area contributed by atoms with E-state index in [0.717, 1.165) is 15.6 Å². The van der Waals surface area contributed by atoms with Crippen molar-refractivity contribution < 1.29 is 4.79 Å². The third-order valence-corrected chi connectivity index (χ3v) is 3.66. The van der Waals surface area contributed by atoms with Gasteiger partial charge in [0, 0.05) is 11.0 Å². The van der Waals surface area contributed by atoms with Crippen LogP contribution in [0.4, 0.5) is 0 Å². The highest BCUT2D eigenvalue weighted by Crippen LogP contribution is 2.10. The fourth-order valence-corrected chi connectivity index (χ4v) is 2.17. The van der Waals surface area contributed by atoms with E-state index in [1.807, 2.05) is 54.6 Å². The number of hydrogen-bond acceptors (Lipinski definition) is 2. The van der Waals surface area contributed by atoms with Crippen LogP contribution in [0, 0.1) is 0 Å². The number of rotatable bonds is 4. The van der Waals surface area contributed by atoms with Gasteiger partial charge in [-0.05, 0) is 35.5 Å². The number of benzene rings is 2. The lowest BCUT2D eigenvalue weighted by atomic mass is 10.1. The molecule has 0 bridgehead atoms. The van der Waals surface area contributed by atoms with Gasteiger partial charge in [-0.1, -0.05) is 58.4 Å². The van der Waals surface area contributed by atoms with Gasteiger partial charge in [-0.25, -0.2) is 0 Å². The molecule has 4 nitrogen and oxygen atoms in total. The molecule has 0 fully saturated rings. The van der Waals surface area contributed by atoms with Crippen LogP contribution in [-0.4, -0.2) is 11.0 Å². The zero-order valence-electron chi connectivity index (χ0n) is 11.8. The summed E-state index contributed by atoms with van der Waals surface area (Å²) in [5, 5.41) is 3.41. The Bertz CT molecular complexity index is 632. The number of nitrogens with one attached hydrogen (secondary N) is 3. The Balaban J connectivity index is 1.69. The van der Waals surface area contributed by atoms with Crippen LogP contribution in [0.2, 0.25) is 0 Å². The Hall–Kier alpha value is -1.92. The van der Waals surface area contributed by atoms with Gasteiger partial charge in [0.15, 0.2) is 5.11 Å². The van der Waals surface area contributed by atoms with Gasteiger partial charge in [0.1, 0.15) is 0 Å². The van der Waals surface area contributed by atoms with E-state index in [1.54, 1.807) is 0 Å². The Kier molecular flexibility index (Phi) is 6.36. The Morgan fingerprint density at radius 2 is 1.64 bits per heavy atom. The second-order valence-corrected chi connectivity index (χ2v) is 5.97. The summed E-state index contributed by atoms with van der Waals surface area (Å²) in [7, 11) is 0. The molecular weight excluding hydrogens is 362 g/mol. The number of carbonyl (C=O) groups is 1. The minimum absolute atomic E-state index is 0.147. The normalized spacial score (nSPS) is 9.86. The summed E-state index contributed by atoms with van der Waals surface area (Å²) in [6.45, 7) is 0.606. The van der Waals surface area contributed by atoms with E-state index < -0.39 is 0 Å². The monoisotopic (exact) mass is 377 g/mol. The average molecular weight is 378 g/mol. The molecule has 0 saturated carbocycles. The fraction of sp³-hybridized carbons (Fsp3) is 0.125. The van der Waals surface area contributed by atoms with Gasteiger partial charge in [0.05, 0.1) is 6.42 Å². The molecule has 3 N–H and O–H groups in total. The molecule has 0 aliphatic heterocycles. The van der Waals surface area contributed by atoms with Crippen molar-refractivity contribution in [1.82, 2.24) is 16.2 Å². The zero-order chi connectivity index (χ0) is 15.8. The zero-order valence-corrected chi connectivity index (χ0v) is 14.2. The van der Waals surface area contributed by atoms with Crippen LogP contribution >= 0.6 is 28.1 Å². The highest BCUT2D eigenvalue weighted by molar-refractivity contribution is 9.10. The van der Waals surface area contributed by atoms with Crippen molar-refractivity contribution in [3.8, 4) is 0 Å². The van der Waals surface area contributed by atoms with Gasteiger partial charge in [0.2, 0.25) is 5.91 Å². The van der Waals surface area contributed by atoms with Crippen molar-refractivity contribution in [1.29, 1.82) is 0 Å². The molecule has 22 heavy (non-hydrogen) atoms. The molecule has 6 heteroatoms. The van der Waals surface area contributed by atoms with E-state index in [4.69, 9.17) is 12.2 Å². The SMILES string of the molecule is O=C(Cc1ccc(Br)cc1)NNC(=S)NCc1ccccc1. The first-order valence-corrected chi connectivity index (χ1v) is 7.94. The van der Waals surface area contributed by atoms with Gasteiger partial charge in [-0.15, -0.1) is 0 Å². The predicted octanol–water partition coefficient (Wildman–Crippen LogP) is 2.69. The molecule has 1 amide bonds. The van der Waals surface area contributed by atoms with Crippen LogP contribution in [-0.2, 0) is 17.8 Å². The van der Waals surface area contributed by atoms with Crippen LogP contribution in [0.25, 0.3) is 0 Å². The topological polar surface area (TPSA) is 53.2 Å². The summed E-state index contributed by atoms with van der Waals surface area (Å²) in [6.07, 6.45) is 0.293. The number of thiocarbonyl (C=S) groups is 1. The molecule has 114 valence electrons. The van der Waals surface area contributed by atoms with Gasteiger partial charge >= 0.3 is 0 Å². The van der Waals surface area contributed by atoms with Crippen molar-refractivity contribution in [3.05, 3.63) is 70.2 Å². The summed E-state index contributed by atoms with van der Waals surface area (Å²) in [5.74, 6) is -0.147.